The molecule has 0 radical (unpaired) electrons. The van der Waals surface area contributed by atoms with Crippen LogP contribution >= 0.6 is 0 Å². The first kappa shape index (κ1) is 26.5. The fourth-order valence-electron chi connectivity index (χ4n) is 4.34. The number of aryl methyl sites for hydroxylation is 1. The van der Waals surface area contributed by atoms with Gasteiger partial charge >= 0.3 is 6.18 Å². The standard InChI is InChI=1S/C26H29F3N6O2/c1-16-11-20(13-31-23(16)18-7-9-34(10-8-18)15-25(3,4)37)33-24(36)21-14-32-35(17(21)2)22-6-5-19(12-30-22)26(27,28)29/h5-7,11-14,37H,8-10,15H2,1-4H3,(H,33,36). The van der Waals surface area contributed by atoms with E-state index in [9.17, 15) is 23.1 Å². The first-order chi connectivity index (χ1) is 17.3. The van der Waals surface area contributed by atoms with E-state index in [0.29, 0.717) is 17.9 Å². The second kappa shape index (κ2) is 10.1. The summed E-state index contributed by atoms with van der Waals surface area (Å²) in [4.78, 5) is 23.5. The highest BCUT2D eigenvalue weighted by Crippen LogP contribution is 2.29. The van der Waals surface area contributed by atoms with Crippen LogP contribution in [0, 0.1) is 13.8 Å². The van der Waals surface area contributed by atoms with Crippen LogP contribution in [0.4, 0.5) is 18.9 Å². The minimum atomic E-state index is -4.48. The van der Waals surface area contributed by atoms with Crippen molar-refractivity contribution in [1.29, 1.82) is 0 Å². The van der Waals surface area contributed by atoms with E-state index in [4.69, 9.17) is 0 Å². The molecule has 196 valence electrons. The minimum absolute atomic E-state index is 0.174. The molecule has 0 aromatic carbocycles. The van der Waals surface area contributed by atoms with Crippen molar-refractivity contribution in [1.82, 2.24) is 24.6 Å². The Balaban J connectivity index is 1.45. The molecule has 4 heterocycles. The second-order valence-electron chi connectivity index (χ2n) is 9.83. The molecule has 8 nitrogen and oxygen atoms in total. The zero-order valence-corrected chi connectivity index (χ0v) is 21.1. The first-order valence-corrected chi connectivity index (χ1v) is 11.8. The summed E-state index contributed by atoms with van der Waals surface area (Å²) in [5.74, 6) is -0.239. The fourth-order valence-corrected chi connectivity index (χ4v) is 4.34. The maximum absolute atomic E-state index is 12.9. The molecule has 1 aliphatic rings. The number of hydrogen-bond donors (Lipinski definition) is 2. The lowest BCUT2D eigenvalue weighted by Gasteiger charge is -2.31. The lowest BCUT2D eigenvalue weighted by Crippen LogP contribution is -2.40. The molecule has 1 amide bonds. The van der Waals surface area contributed by atoms with Crippen molar-refractivity contribution in [2.75, 3.05) is 25.0 Å². The van der Waals surface area contributed by atoms with Gasteiger partial charge in [-0.25, -0.2) is 9.67 Å². The monoisotopic (exact) mass is 514 g/mol. The van der Waals surface area contributed by atoms with Gasteiger partial charge in [0.15, 0.2) is 5.82 Å². The topological polar surface area (TPSA) is 96.2 Å². The SMILES string of the molecule is Cc1cc(NC(=O)c2cnn(-c3ccc(C(F)(F)F)cn3)c2C)cnc1C1=CCN(CC(C)(C)O)CC1. The molecule has 0 saturated heterocycles. The van der Waals surface area contributed by atoms with Gasteiger partial charge in [0, 0.05) is 25.8 Å². The van der Waals surface area contributed by atoms with Crippen LogP contribution in [0.2, 0.25) is 0 Å². The predicted octanol–water partition coefficient (Wildman–Crippen LogP) is 4.41. The van der Waals surface area contributed by atoms with E-state index in [0.717, 1.165) is 48.6 Å². The molecule has 2 N–H and O–H groups in total. The van der Waals surface area contributed by atoms with Crippen LogP contribution in [0.1, 0.15) is 53.1 Å². The molecule has 0 saturated carbocycles. The van der Waals surface area contributed by atoms with Crippen molar-refractivity contribution in [2.45, 2.75) is 45.9 Å². The third-order valence-corrected chi connectivity index (χ3v) is 6.09. The van der Waals surface area contributed by atoms with E-state index in [1.165, 1.54) is 16.9 Å². The summed E-state index contributed by atoms with van der Waals surface area (Å²) in [5, 5.41) is 17.0. The van der Waals surface area contributed by atoms with Gasteiger partial charge < -0.3 is 10.4 Å². The summed E-state index contributed by atoms with van der Waals surface area (Å²) < 4.78 is 39.8. The molecule has 0 aliphatic carbocycles. The number of halogens is 3. The van der Waals surface area contributed by atoms with E-state index in [1.54, 1.807) is 27.0 Å². The molecule has 0 fully saturated rings. The Morgan fingerprint density at radius 2 is 1.89 bits per heavy atom. The Bertz CT molecular complexity index is 1320. The maximum Gasteiger partial charge on any atom is 0.417 e. The lowest BCUT2D eigenvalue weighted by molar-refractivity contribution is -0.137. The van der Waals surface area contributed by atoms with Gasteiger partial charge in [0.25, 0.3) is 5.91 Å². The number of aromatic nitrogens is 4. The first-order valence-electron chi connectivity index (χ1n) is 11.8. The molecule has 0 unspecified atom stereocenters. The number of amides is 1. The molecule has 4 rings (SSSR count). The predicted molar refractivity (Wildman–Crippen MR) is 133 cm³/mol. The largest absolute Gasteiger partial charge is 0.417 e. The van der Waals surface area contributed by atoms with E-state index in [1.807, 2.05) is 13.0 Å². The Morgan fingerprint density at radius 1 is 1.14 bits per heavy atom. The molecule has 0 bridgehead atoms. The Hall–Kier alpha value is -3.57. The Labute approximate surface area is 212 Å². The van der Waals surface area contributed by atoms with Gasteiger partial charge in [0.1, 0.15) is 0 Å². The number of hydrogen-bond acceptors (Lipinski definition) is 6. The summed E-state index contributed by atoms with van der Waals surface area (Å²) in [6.45, 7) is 9.32. The summed E-state index contributed by atoms with van der Waals surface area (Å²) in [6, 6.07) is 3.98. The Kier molecular flexibility index (Phi) is 7.20. The zero-order chi connectivity index (χ0) is 27.0. The molecule has 0 spiro atoms. The number of nitrogens with zero attached hydrogens (tertiary/aromatic N) is 5. The maximum atomic E-state index is 12.9. The van der Waals surface area contributed by atoms with Crippen LogP contribution < -0.4 is 5.32 Å². The highest BCUT2D eigenvalue weighted by Gasteiger charge is 2.31. The third-order valence-electron chi connectivity index (χ3n) is 6.09. The molecule has 1 aliphatic heterocycles. The molecule has 3 aromatic heterocycles. The van der Waals surface area contributed by atoms with Gasteiger partial charge in [0.05, 0.1) is 46.2 Å². The Morgan fingerprint density at radius 3 is 2.46 bits per heavy atom. The zero-order valence-electron chi connectivity index (χ0n) is 21.1. The fraction of sp³-hybridized carbons (Fsp3) is 0.385. The number of anilines is 1. The lowest BCUT2D eigenvalue weighted by atomic mass is 9.99. The highest BCUT2D eigenvalue weighted by atomic mass is 19.4. The van der Waals surface area contributed by atoms with E-state index in [-0.39, 0.29) is 11.4 Å². The quantitative estimate of drug-likeness (QED) is 0.506. The van der Waals surface area contributed by atoms with Crippen molar-refractivity contribution in [3.8, 4) is 5.82 Å². The van der Waals surface area contributed by atoms with Gasteiger partial charge in [-0.05, 0) is 63.5 Å². The molecule has 0 atom stereocenters. The van der Waals surface area contributed by atoms with Crippen molar-refractivity contribution in [3.63, 3.8) is 0 Å². The van der Waals surface area contributed by atoms with E-state index in [2.05, 4.69) is 31.4 Å². The molecule has 37 heavy (non-hydrogen) atoms. The van der Waals surface area contributed by atoms with Crippen LogP contribution in [-0.2, 0) is 6.18 Å². The summed E-state index contributed by atoms with van der Waals surface area (Å²) in [6.07, 6.45) is 2.13. The van der Waals surface area contributed by atoms with Gasteiger partial charge in [-0.1, -0.05) is 6.08 Å². The third kappa shape index (κ3) is 6.23. The van der Waals surface area contributed by atoms with Gasteiger partial charge in [0.2, 0.25) is 0 Å². The van der Waals surface area contributed by atoms with Crippen LogP contribution in [0.25, 0.3) is 11.4 Å². The summed E-state index contributed by atoms with van der Waals surface area (Å²) in [7, 11) is 0. The van der Waals surface area contributed by atoms with Gasteiger partial charge in [-0.2, -0.15) is 18.3 Å². The molecule has 11 heteroatoms. The van der Waals surface area contributed by atoms with E-state index >= 15 is 0 Å². The van der Waals surface area contributed by atoms with Crippen molar-refractivity contribution < 1.29 is 23.1 Å². The number of carbonyl (C=O) groups is 1. The summed E-state index contributed by atoms with van der Waals surface area (Å²) >= 11 is 0. The average Bonchev–Trinajstić information content (AvgIpc) is 3.20. The van der Waals surface area contributed by atoms with Crippen LogP contribution in [0.3, 0.4) is 0 Å². The number of carbonyl (C=O) groups excluding carboxylic acids is 1. The van der Waals surface area contributed by atoms with Crippen molar-refractivity contribution in [2.24, 2.45) is 0 Å². The normalized spacial score (nSPS) is 15.0. The summed E-state index contributed by atoms with van der Waals surface area (Å²) in [5.41, 5.74) is 2.54. The average molecular weight is 515 g/mol. The number of alkyl halides is 3. The number of rotatable bonds is 6. The minimum Gasteiger partial charge on any atom is -0.389 e. The molecular weight excluding hydrogens is 485 g/mol. The van der Waals surface area contributed by atoms with E-state index < -0.39 is 23.2 Å². The molecule has 3 aromatic rings. The second-order valence-corrected chi connectivity index (χ2v) is 9.83. The van der Waals surface area contributed by atoms with Crippen molar-refractivity contribution in [3.05, 3.63) is 70.9 Å². The van der Waals surface area contributed by atoms with Crippen molar-refractivity contribution >= 4 is 17.2 Å². The number of β-amino-alcohol motifs (C(OH)–C–C–N with tert-alkyl or cyclic N) is 1. The van der Waals surface area contributed by atoms with Gasteiger partial charge in [-0.3, -0.25) is 14.7 Å². The number of pyridine rings is 2. The van der Waals surface area contributed by atoms with Gasteiger partial charge in [-0.15, -0.1) is 0 Å². The van der Waals surface area contributed by atoms with Crippen LogP contribution in [0.15, 0.2) is 42.9 Å². The van der Waals surface area contributed by atoms with Crippen LogP contribution in [-0.4, -0.2) is 60.9 Å². The number of nitrogens with one attached hydrogen (secondary N) is 1. The highest BCUT2D eigenvalue weighted by molar-refractivity contribution is 6.05. The van der Waals surface area contributed by atoms with Crippen LogP contribution in [0.5, 0.6) is 0 Å². The number of aliphatic hydroxyl groups is 1. The smallest absolute Gasteiger partial charge is 0.389 e. The molecular formula is C26H29F3N6O2.